The van der Waals surface area contributed by atoms with Crippen molar-refractivity contribution in [2.75, 3.05) is 18.0 Å². The van der Waals surface area contributed by atoms with Crippen LogP contribution in [0.4, 0.5) is 5.82 Å². The summed E-state index contributed by atoms with van der Waals surface area (Å²) in [7, 11) is 0. The fourth-order valence-electron chi connectivity index (χ4n) is 3.38. The highest BCUT2D eigenvalue weighted by Crippen LogP contribution is 2.35. The van der Waals surface area contributed by atoms with Crippen LogP contribution >= 0.6 is 0 Å². The molecule has 3 heterocycles. The van der Waals surface area contributed by atoms with E-state index in [-0.39, 0.29) is 5.41 Å². The predicted molar refractivity (Wildman–Crippen MR) is 96.6 cm³/mol. The fraction of sp³-hybridized carbons (Fsp3) is 0.350. The number of rotatable bonds is 4. The van der Waals surface area contributed by atoms with Gasteiger partial charge in [-0.05, 0) is 24.5 Å². The number of piperidine rings is 1. The van der Waals surface area contributed by atoms with E-state index in [9.17, 15) is 0 Å². The van der Waals surface area contributed by atoms with E-state index < -0.39 is 0 Å². The number of nitrogens with zero attached hydrogens (tertiary/aromatic N) is 4. The average Bonchev–Trinajstić information content (AvgIpc) is 3.13. The molecule has 0 N–H and O–H groups in total. The average molecular weight is 334 g/mol. The summed E-state index contributed by atoms with van der Waals surface area (Å²) < 4.78 is 6.12. The van der Waals surface area contributed by atoms with Crippen molar-refractivity contribution in [2.24, 2.45) is 0 Å². The molecule has 0 amide bonds. The number of aromatic nitrogens is 3. The van der Waals surface area contributed by atoms with Crippen molar-refractivity contribution in [2.45, 2.75) is 31.6 Å². The van der Waals surface area contributed by atoms with Crippen molar-refractivity contribution >= 4 is 5.82 Å². The van der Waals surface area contributed by atoms with Crippen molar-refractivity contribution in [1.82, 2.24) is 15.0 Å². The normalized spacial score (nSPS) is 16.8. The second kappa shape index (κ2) is 6.67. The minimum absolute atomic E-state index is 0.0154. The molecule has 0 atom stereocenters. The molecule has 3 aromatic rings. The van der Waals surface area contributed by atoms with Crippen LogP contribution in [-0.2, 0) is 11.8 Å². The smallest absolute Gasteiger partial charge is 0.200 e. The van der Waals surface area contributed by atoms with E-state index in [2.05, 4.69) is 51.0 Å². The van der Waals surface area contributed by atoms with Crippen LogP contribution in [0, 0.1) is 0 Å². The van der Waals surface area contributed by atoms with Crippen LogP contribution < -0.4 is 4.90 Å². The first kappa shape index (κ1) is 15.8. The molecule has 2 aromatic heterocycles. The lowest BCUT2D eigenvalue weighted by atomic mass is 9.80. The Balaban J connectivity index is 1.44. The van der Waals surface area contributed by atoms with Gasteiger partial charge in [-0.15, -0.1) is 0 Å². The van der Waals surface area contributed by atoms with Gasteiger partial charge in [-0.25, -0.2) is 15.0 Å². The predicted octanol–water partition coefficient (Wildman–Crippen LogP) is 3.61. The SMILES string of the molecule is CC1(c2ncc(Cc3ccccc3)o2)CCN(c2ccncn2)CC1. The van der Waals surface area contributed by atoms with Gasteiger partial charge in [0, 0.05) is 31.1 Å². The summed E-state index contributed by atoms with van der Waals surface area (Å²) in [4.78, 5) is 15.2. The van der Waals surface area contributed by atoms with Crippen molar-refractivity contribution in [1.29, 1.82) is 0 Å². The van der Waals surface area contributed by atoms with Gasteiger partial charge in [0.05, 0.1) is 6.20 Å². The zero-order valence-corrected chi connectivity index (χ0v) is 14.4. The van der Waals surface area contributed by atoms with Gasteiger partial charge in [0.2, 0.25) is 0 Å². The van der Waals surface area contributed by atoms with Crippen LogP contribution in [-0.4, -0.2) is 28.0 Å². The summed E-state index contributed by atoms with van der Waals surface area (Å²) in [5.41, 5.74) is 1.23. The fourth-order valence-corrected chi connectivity index (χ4v) is 3.38. The van der Waals surface area contributed by atoms with Crippen molar-refractivity contribution in [3.05, 3.63) is 72.3 Å². The van der Waals surface area contributed by atoms with E-state index >= 15 is 0 Å². The highest BCUT2D eigenvalue weighted by atomic mass is 16.4. The zero-order valence-electron chi connectivity index (χ0n) is 14.4. The summed E-state index contributed by atoms with van der Waals surface area (Å²) in [6.45, 7) is 4.15. The molecular weight excluding hydrogens is 312 g/mol. The van der Waals surface area contributed by atoms with E-state index in [1.165, 1.54) is 5.56 Å². The molecule has 1 aliphatic heterocycles. The molecule has 0 bridgehead atoms. The Labute approximate surface area is 147 Å². The van der Waals surface area contributed by atoms with E-state index in [1.807, 2.05) is 18.3 Å². The molecular formula is C20H22N4O. The summed E-state index contributed by atoms with van der Waals surface area (Å²) >= 11 is 0. The lowest BCUT2D eigenvalue weighted by molar-refractivity contribution is 0.278. The molecule has 1 aliphatic rings. The van der Waals surface area contributed by atoms with Crippen molar-refractivity contribution in [3.8, 4) is 0 Å². The lowest BCUT2D eigenvalue weighted by Gasteiger charge is -2.37. The number of hydrogen-bond donors (Lipinski definition) is 0. The Morgan fingerprint density at radius 2 is 1.88 bits per heavy atom. The molecule has 0 aliphatic carbocycles. The van der Waals surface area contributed by atoms with Gasteiger partial charge in [-0.2, -0.15) is 0 Å². The summed E-state index contributed by atoms with van der Waals surface area (Å²) in [6.07, 6.45) is 8.07. The molecule has 1 aromatic carbocycles. The molecule has 1 saturated heterocycles. The molecule has 0 saturated carbocycles. The standard InChI is InChI=1S/C20H22N4O/c1-20(8-11-24(12-9-20)18-7-10-21-15-23-18)19-22-14-17(25-19)13-16-5-3-2-4-6-16/h2-7,10,14-15H,8-9,11-13H2,1H3. The molecule has 5 nitrogen and oxygen atoms in total. The van der Waals surface area contributed by atoms with Crippen LogP contribution in [0.3, 0.4) is 0 Å². The van der Waals surface area contributed by atoms with E-state index in [1.54, 1.807) is 12.5 Å². The first-order valence-corrected chi connectivity index (χ1v) is 8.73. The maximum Gasteiger partial charge on any atom is 0.200 e. The van der Waals surface area contributed by atoms with Gasteiger partial charge in [0.1, 0.15) is 17.9 Å². The summed E-state index contributed by atoms with van der Waals surface area (Å²) in [6, 6.07) is 12.3. The van der Waals surface area contributed by atoms with E-state index in [0.29, 0.717) is 0 Å². The molecule has 4 rings (SSSR count). The van der Waals surface area contributed by atoms with Gasteiger partial charge in [-0.3, -0.25) is 0 Å². The Morgan fingerprint density at radius 1 is 1.08 bits per heavy atom. The Kier molecular flexibility index (Phi) is 4.22. The van der Waals surface area contributed by atoms with Crippen LogP contribution in [0.15, 0.2) is 59.5 Å². The Morgan fingerprint density at radius 3 is 2.60 bits per heavy atom. The van der Waals surface area contributed by atoms with Crippen molar-refractivity contribution < 1.29 is 4.42 Å². The first-order chi connectivity index (χ1) is 12.2. The topological polar surface area (TPSA) is 55.1 Å². The second-order valence-corrected chi connectivity index (χ2v) is 6.91. The van der Waals surface area contributed by atoms with Crippen LogP contribution in [0.2, 0.25) is 0 Å². The second-order valence-electron chi connectivity index (χ2n) is 6.91. The maximum absolute atomic E-state index is 6.12. The Hall–Kier alpha value is -2.69. The highest BCUT2D eigenvalue weighted by molar-refractivity contribution is 5.37. The van der Waals surface area contributed by atoms with Crippen LogP contribution in [0.1, 0.15) is 37.0 Å². The zero-order chi connectivity index (χ0) is 17.1. The first-order valence-electron chi connectivity index (χ1n) is 8.73. The minimum atomic E-state index is -0.0154. The van der Waals surface area contributed by atoms with Crippen LogP contribution in [0.5, 0.6) is 0 Å². The third-order valence-electron chi connectivity index (χ3n) is 5.05. The monoisotopic (exact) mass is 334 g/mol. The van der Waals surface area contributed by atoms with Crippen LogP contribution in [0.25, 0.3) is 0 Å². The number of hydrogen-bond acceptors (Lipinski definition) is 5. The molecule has 0 unspecified atom stereocenters. The number of benzene rings is 1. The molecule has 0 radical (unpaired) electrons. The van der Waals surface area contributed by atoms with Gasteiger partial charge < -0.3 is 9.32 Å². The lowest BCUT2D eigenvalue weighted by Crippen LogP contribution is -2.41. The summed E-state index contributed by atoms with van der Waals surface area (Å²) in [5, 5.41) is 0. The van der Waals surface area contributed by atoms with Crippen molar-refractivity contribution in [3.63, 3.8) is 0 Å². The Bertz CT molecular complexity index is 808. The third kappa shape index (κ3) is 3.40. The van der Waals surface area contributed by atoms with Gasteiger partial charge in [-0.1, -0.05) is 37.3 Å². The largest absolute Gasteiger partial charge is 0.445 e. The molecule has 25 heavy (non-hydrogen) atoms. The molecule has 5 heteroatoms. The quantitative estimate of drug-likeness (QED) is 0.729. The number of anilines is 1. The molecule has 128 valence electrons. The third-order valence-corrected chi connectivity index (χ3v) is 5.05. The maximum atomic E-state index is 6.12. The molecule has 1 fully saturated rings. The van der Waals surface area contributed by atoms with E-state index in [4.69, 9.17) is 4.42 Å². The van der Waals surface area contributed by atoms with E-state index in [0.717, 1.165) is 49.8 Å². The number of oxazole rings is 1. The van der Waals surface area contributed by atoms with Gasteiger partial charge >= 0.3 is 0 Å². The van der Waals surface area contributed by atoms with Gasteiger partial charge in [0.25, 0.3) is 0 Å². The summed E-state index contributed by atoms with van der Waals surface area (Å²) in [5.74, 6) is 2.79. The minimum Gasteiger partial charge on any atom is -0.445 e. The highest BCUT2D eigenvalue weighted by Gasteiger charge is 2.36. The molecule has 0 spiro atoms. The van der Waals surface area contributed by atoms with Gasteiger partial charge in [0.15, 0.2) is 5.89 Å².